The number of nitrogens with one attached hydrogen (secondary N) is 1. The molecule has 0 saturated carbocycles. The summed E-state index contributed by atoms with van der Waals surface area (Å²) in [4.78, 5) is 12.0. The Bertz CT molecular complexity index is 577. The van der Waals surface area contributed by atoms with Crippen LogP contribution in [0.4, 0.5) is 0 Å². The summed E-state index contributed by atoms with van der Waals surface area (Å²) in [7, 11) is -3.09. The first-order valence-corrected chi connectivity index (χ1v) is 8.63. The number of carbonyl (C=O) groups is 1. The predicted octanol–water partition coefficient (Wildman–Crippen LogP) is 0.997. The first kappa shape index (κ1) is 15.0. The van der Waals surface area contributed by atoms with Crippen molar-refractivity contribution in [3.8, 4) is 0 Å². The van der Waals surface area contributed by atoms with Gasteiger partial charge >= 0.3 is 0 Å². The number of hydrogen-bond acceptors (Lipinski definition) is 4. The monoisotopic (exact) mass is 297 g/mol. The van der Waals surface area contributed by atoms with E-state index in [1.807, 2.05) is 0 Å². The molecule has 1 aliphatic heterocycles. The van der Waals surface area contributed by atoms with Crippen LogP contribution < -0.4 is 5.32 Å². The minimum Gasteiger partial charge on any atom is -0.381 e. The molecule has 0 aromatic heterocycles. The highest BCUT2D eigenvalue weighted by Gasteiger charge is 2.17. The van der Waals surface area contributed by atoms with Crippen LogP contribution in [0.1, 0.15) is 22.3 Å². The molecule has 1 fully saturated rings. The second-order valence-electron chi connectivity index (χ2n) is 5.21. The molecular weight excluding hydrogens is 278 g/mol. The fourth-order valence-electron chi connectivity index (χ4n) is 2.19. The molecule has 20 heavy (non-hydrogen) atoms. The average Bonchev–Trinajstić information content (AvgIpc) is 2.87. The zero-order valence-corrected chi connectivity index (χ0v) is 12.3. The van der Waals surface area contributed by atoms with E-state index >= 15 is 0 Å². The summed E-state index contributed by atoms with van der Waals surface area (Å²) in [6, 6.07) is 6.73. The molecule has 1 saturated heterocycles. The van der Waals surface area contributed by atoms with Crippen molar-refractivity contribution >= 4 is 15.7 Å². The maximum Gasteiger partial charge on any atom is 0.251 e. The SMILES string of the molecule is CS(=O)(=O)Cc1cccc(C(=O)NC[C@@H]2CCOC2)c1. The lowest BCUT2D eigenvalue weighted by molar-refractivity contribution is 0.0945. The first-order valence-electron chi connectivity index (χ1n) is 6.56. The van der Waals surface area contributed by atoms with Gasteiger partial charge in [-0.15, -0.1) is 0 Å². The van der Waals surface area contributed by atoms with Crippen LogP contribution >= 0.6 is 0 Å². The molecule has 0 aliphatic carbocycles. The van der Waals surface area contributed by atoms with Crippen LogP contribution in [-0.2, 0) is 20.3 Å². The summed E-state index contributed by atoms with van der Waals surface area (Å²) in [5.41, 5.74) is 1.12. The number of rotatable bonds is 5. The van der Waals surface area contributed by atoms with Crippen molar-refractivity contribution in [1.29, 1.82) is 0 Å². The summed E-state index contributed by atoms with van der Waals surface area (Å²) >= 11 is 0. The fraction of sp³-hybridized carbons (Fsp3) is 0.500. The molecule has 5 nitrogen and oxygen atoms in total. The van der Waals surface area contributed by atoms with Crippen LogP contribution in [0.15, 0.2) is 24.3 Å². The zero-order chi connectivity index (χ0) is 14.6. The van der Waals surface area contributed by atoms with Gasteiger partial charge in [-0.25, -0.2) is 8.42 Å². The van der Waals surface area contributed by atoms with Crippen molar-refractivity contribution in [2.24, 2.45) is 5.92 Å². The van der Waals surface area contributed by atoms with E-state index in [2.05, 4.69) is 5.32 Å². The highest BCUT2D eigenvalue weighted by Crippen LogP contribution is 2.12. The van der Waals surface area contributed by atoms with E-state index in [4.69, 9.17) is 4.74 Å². The van der Waals surface area contributed by atoms with E-state index in [0.29, 0.717) is 30.2 Å². The predicted molar refractivity (Wildman–Crippen MR) is 76.2 cm³/mol. The van der Waals surface area contributed by atoms with Gasteiger partial charge < -0.3 is 10.1 Å². The van der Waals surface area contributed by atoms with Gasteiger partial charge in [-0.3, -0.25) is 4.79 Å². The Balaban J connectivity index is 1.96. The Labute approximate surface area is 119 Å². The quantitative estimate of drug-likeness (QED) is 0.880. The lowest BCUT2D eigenvalue weighted by atomic mass is 10.1. The number of ether oxygens (including phenoxy) is 1. The first-order chi connectivity index (χ1) is 9.44. The van der Waals surface area contributed by atoms with Gasteiger partial charge in [-0.05, 0) is 24.1 Å². The maximum atomic E-state index is 12.0. The van der Waals surface area contributed by atoms with E-state index < -0.39 is 9.84 Å². The van der Waals surface area contributed by atoms with Crippen LogP contribution in [0.2, 0.25) is 0 Å². The normalized spacial score (nSPS) is 18.9. The molecule has 2 rings (SSSR count). The smallest absolute Gasteiger partial charge is 0.251 e. The Kier molecular flexibility index (Phi) is 4.77. The summed E-state index contributed by atoms with van der Waals surface area (Å²) in [6.07, 6.45) is 2.15. The second kappa shape index (κ2) is 6.37. The second-order valence-corrected chi connectivity index (χ2v) is 7.35. The molecule has 6 heteroatoms. The molecular formula is C14H19NO4S. The summed E-state index contributed by atoms with van der Waals surface area (Å²) < 4.78 is 27.8. The Morgan fingerprint density at radius 3 is 2.90 bits per heavy atom. The lowest BCUT2D eigenvalue weighted by Crippen LogP contribution is -2.29. The molecule has 1 atom stereocenters. The van der Waals surface area contributed by atoms with Crippen molar-refractivity contribution in [3.05, 3.63) is 35.4 Å². The molecule has 1 aromatic rings. The van der Waals surface area contributed by atoms with Crippen molar-refractivity contribution in [2.45, 2.75) is 12.2 Å². The zero-order valence-electron chi connectivity index (χ0n) is 11.5. The average molecular weight is 297 g/mol. The third-order valence-corrected chi connectivity index (χ3v) is 4.05. The van der Waals surface area contributed by atoms with Crippen LogP contribution in [0.25, 0.3) is 0 Å². The summed E-state index contributed by atoms with van der Waals surface area (Å²) in [5, 5.41) is 2.86. The fourth-order valence-corrected chi connectivity index (χ4v) is 2.97. The van der Waals surface area contributed by atoms with Gasteiger partial charge in [0.2, 0.25) is 0 Å². The number of hydrogen-bond donors (Lipinski definition) is 1. The highest BCUT2D eigenvalue weighted by atomic mass is 32.2. The van der Waals surface area contributed by atoms with E-state index in [1.165, 1.54) is 6.26 Å². The summed E-state index contributed by atoms with van der Waals surface area (Å²) in [5.74, 6) is 0.148. The molecule has 0 bridgehead atoms. The van der Waals surface area contributed by atoms with Crippen LogP contribution in [0, 0.1) is 5.92 Å². The third-order valence-electron chi connectivity index (χ3n) is 3.19. The van der Waals surface area contributed by atoms with Crippen molar-refractivity contribution in [2.75, 3.05) is 26.0 Å². The molecule has 1 amide bonds. The van der Waals surface area contributed by atoms with E-state index in [0.717, 1.165) is 13.0 Å². The Hall–Kier alpha value is -1.40. The topological polar surface area (TPSA) is 72.5 Å². The van der Waals surface area contributed by atoms with Crippen molar-refractivity contribution in [3.63, 3.8) is 0 Å². The molecule has 0 radical (unpaired) electrons. The van der Waals surface area contributed by atoms with Crippen LogP contribution in [-0.4, -0.2) is 40.3 Å². The standard InChI is InChI=1S/C14H19NO4S/c1-20(17,18)10-11-3-2-4-13(7-11)14(16)15-8-12-5-6-19-9-12/h2-4,7,12H,5-6,8-10H2,1H3,(H,15,16)/t12-/m0/s1. The van der Waals surface area contributed by atoms with Crippen LogP contribution in [0.5, 0.6) is 0 Å². The van der Waals surface area contributed by atoms with E-state index in [9.17, 15) is 13.2 Å². The van der Waals surface area contributed by atoms with Crippen LogP contribution in [0.3, 0.4) is 0 Å². The minimum atomic E-state index is -3.09. The van der Waals surface area contributed by atoms with Gasteiger partial charge in [0.1, 0.15) is 0 Å². The molecule has 1 heterocycles. The Morgan fingerprint density at radius 2 is 2.25 bits per heavy atom. The largest absolute Gasteiger partial charge is 0.381 e. The molecule has 1 aromatic carbocycles. The number of carbonyl (C=O) groups excluding carboxylic acids is 1. The molecule has 0 unspecified atom stereocenters. The Morgan fingerprint density at radius 1 is 1.45 bits per heavy atom. The van der Waals surface area contributed by atoms with E-state index in [-0.39, 0.29) is 11.7 Å². The number of benzene rings is 1. The van der Waals surface area contributed by atoms with Gasteiger partial charge in [0.15, 0.2) is 9.84 Å². The van der Waals surface area contributed by atoms with Gasteiger partial charge in [-0.1, -0.05) is 12.1 Å². The third kappa shape index (κ3) is 4.61. The molecule has 1 N–H and O–H groups in total. The molecule has 1 aliphatic rings. The van der Waals surface area contributed by atoms with Gasteiger partial charge in [-0.2, -0.15) is 0 Å². The highest BCUT2D eigenvalue weighted by molar-refractivity contribution is 7.89. The summed E-state index contributed by atoms with van der Waals surface area (Å²) in [6.45, 7) is 2.04. The number of amides is 1. The minimum absolute atomic E-state index is 0.0510. The van der Waals surface area contributed by atoms with Gasteiger partial charge in [0.05, 0.1) is 12.4 Å². The lowest BCUT2D eigenvalue weighted by Gasteiger charge is -2.10. The van der Waals surface area contributed by atoms with Gasteiger partial charge in [0.25, 0.3) is 5.91 Å². The van der Waals surface area contributed by atoms with Crippen molar-refractivity contribution in [1.82, 2.24) is 5.32 Å². The van der Waals surface area contributed by atoms with Gasteiger partial charge in [0, 0.05) is 30.9 Å². The molecule has 110 valence electrons. The van der Waals surface area contributed by atoms with Crippen molar-refractivity contribution < 1.29 is 17.9 Å². The number of sulfone groups is 1. The van der Waals surface area contributed by atoms with E-state index in [1.54, 1.807) is 24.3 Å². The maximum absolute atomic E-state index is 12.0. The molecule has 0 spiro atoms.